The molecule has 0 amide bonds. The highest BCUT2D eigenvalue weighted by Crippen LogP contribution is 2.53. The van der Waals surface area contributed by atoms with Crippen LogP contribution in [0.3, 0.4) is 0 Å². The number of aromatic nitrogens is 1. The molecule has 1 heteroatoms. The van der Waals surface area contributed by atoms with Crippen LogP contribution in [0.4, 0.5) is 0 Å². The first kappa shape index (κ1) is 22.2. The Labute approximate surface area is 218 Å². The molecule has 0 saturated heterocycles. The molecule has 5 aromatic carbocycles. The lowest BCUT2D eigenvalue weighted by Crippen LogP contribution is -2.16. The van der Waals surface area contributed by atoms with Crippen molar-refractivity contribution < 1.29 is 0 Å². The van der Waals surface area contributed by atoms with Crippen LogP contribution >= 0.6 is 0 Å². The van der Waals surface area contributed by atoms with E-state index < -0.39 is 0 Å². The topological polar surface area (TPSA) is 12.9 Å². The van der Waals surface area contributed by atoms with Crippen LogP contribution in [-0.4, -0.2) is 4.98 Å². The van der Waals surface area contributed by atoms with Crippen molar-refractivity contribution in [1.82, 2.24) is 4.98 Å². The van der Waals surface area contributed by atoms with Gasteiger partial charge in [-0.2, -0.15) is 0 Å². The van der Waals surface area contributed by atoms with Gasteiger partial charge in [-0.1, -0.05) is 113 Å². The Hall–Kier alpha value is -3.97. The van der Waals surface area contributed by atoms with E-state index in [9.17, 15) is 0 Å². The molecule has 7 rings (SSSR count). The number of hydrogen-bond acceptors (Lipinski definition) is 1. The van der Waals surface area contributed by atoms with E-state index in [2.05, 4.69) is 126 Å². The van der Waals surface area contributed by atoms with Gasteiger partial charge >= 0.3 is 0 Å². The van der Waals surface area contributed by atoms with E-state index in [1.54, 1.807) is 0 Å². The lowest BCUT2D eigenvalue weighted by Gasteiger charge is -2.24. The molecule has 1 aliphatic carbocycles. The van der Waals surface area contributed by atoms with Crippen molar-refractivity contribution in [2.45, 2.75) is 45.4 Å². The third-order valence-electron chi connectivity index (χ3n) is 8.42. The lowest BCUT2D eigenvalue weighted by atomic mass is 9.80. The van der Waals surface area contributed by atoms with E-state index in [0.29, 0.717) is 0 Å². The number of pyridine rings is 1. The van der Waals surface area contributed by atoms with Gasteiger partial charge in [-0.15, -0.1) is 0 Å². The molecule has 0 spiro atoms. The molecular formula is C36H31N. The maximum atomic E-state index is 5.01. The smallest absolute Gasteiger partial charge is 0.0749 e. The molecule has 1 aliphatic rings. The van der Waals surface area contributed by atoms with Gasteiger partial charge < -0.3 is 0 Å². The van der Waals surface area contributed by atoms with Crippen LogP contribution in [0.1, 0.15) is 51.3 Å². The molecular weight excluding hydrogens is 446 g/mol. The summed E-state index contributed by atoms with van der Waals surface area (Å²) in [7, 11) is 0. The molecule has 0 aliphatic heterocycles. The lowest BCUT2D eigenvalue weighted by molar-refractivity contribution is 0.591. The second kappa shape index (κ2) is 7.52. The molecule has 0 N–H and O–H groups in total. The average Bonchev–Trinajstić information content (AvgIpc) is 3.14. The van der Waals surface area contributed by atoms with Gasteiger partial charge in [0.15, 0.2) is 0 Å². The second-order valence-corrected chi connectivity index (χ2v) is 12.1. The highest BCUT2D eigenvalue weighted by molar-refractivity contribution is 6.09. The zero-order chi connectivity index (χ0) is 25.5. The van der Waals surface area contributed by atoms with Crippen LogP contribution < -0.4 is 0 Å². The van der Waals surface area contributed by atoms with Crippen molar-refractivity contribution in [2.75, 3.05) is 0 Å². The normalized spacial score (nSPS) is 14.3. The second-order valence-electron chi connectivity index (χ2n) is 12.1. The van der Waals surface area contributed by atoms with Crippen molar-refractivity contribution in [1.29, 1.82) is 0 Å². The molecule has 6 aromatic rings. The van der Waals surface area contributed by atoms with Crippen LogP contribution in [0.5, 0.6) is 0 Å². The molecule has 0 unspecified atom stereocenters. The van der Waals surface area contributed by atoms with Crippen LogP contribution in [0, 0.1) is 0 Å². The van der Waals surface area contributed by atoms with Crippen LogP contribution in [0.25, 0.3) is 54.7 Å². The summed E-state index contributed by atoms with van der Waals surface area (Å²) in [6, 6.07) is 33.9. The van der Waals surface area contributed by atoms with E-state index in [4.69, 9.17) is 4.98 Å². The molecule has 0 fully saturated rings. The SMILES string of the molecule is CC(C)(C)c1ccc2c(ccc3ccc(-c4nccc5c4C(C)(C)c4ccc6ccccc6c4-5)cc32)c1. The number of nitrogens with zero attached hydrogens (tertiary/aromatic N) is 1. The molecule has 37 heavy (non-hydrogen) atoms. The quantitative estimate of drug-likeness (QED) is 0.215. The van der Waals surface area contributed by atoms with E-state index in [1.807, 2.05) is 6.20 Å². The number of hydrogen-bond donors (Lipinski definition) is 0. The van der Waals surface area contributed by atoms with Gasteiger partial charge in [0.2, 0.25) is 0 Å². The third kappa shape index (κ3) is 3.20. The predicted molar refractivity (Wildman–Crippen MR) is 158 cm³/mol. The molecule has 0 atom stereocenters. The Morgan fingerprint density at radius 1 is 0.649 bits per heavy atom. The standard InChI is InChI=1S/C36H31N/c1-35(2,3)26-15-16-27-24(20-26)12-10-23-11-13-25(21-30(23)27)34-33-29(18-19-37-34)32-28-9-7-6-8-22(28)14-17-31(32)36(33,4)5/h6-21H,1-5H3. The monoisotopic (exact) mass is 477 g/mol. The summed E-state index contributed by atoms with van der Waals surface area (Å²) >= 11 is 0. The van der Waals surface area contributed by atoms with Gasteiger partial charge in [0, 0.05) is 17.2 Å². The summed E-state index contributed by atoms with van der Waals surface area (Å²) in [6.45, 7) is 11.5. The van der Waals surface area contributed by atoms with E-state index in [0.717, 1.165) is 5.69 Å². The summed E-state index contributed by atoms with van der Waals surface area (Å²) in [4.78, 5) is 5.01. The van der Waals surface area contributed by atoms with Crippen LogP contribution in [0.2, 0.25) is 0 Å². The number of benzene rings is 5. The maximum Gasteiger partial charge on any atom is 0.0749 e. The summed E-state index contributed by atoms with van der Waals surface area (Å²) in [5.41, 5.74) is 9.03. The van der Waals surface area contributed by atoms with Crippen molar-refractivity contribution in [3.8, 4) is 22.4 Å². The van der Waals surface area contributed by atoms with E-state index >= 15 is 0 Å². The fourth-order valence-electron chi connectivity index (χ4n) is 6.41. The van der Waals surface area contributed by atoms with Crippen molar-refractivity contribution in [3.05, 3.63) is 114 Å². The van der Waals surface area contributed by atoms with Gasteiger partial charge in [0.25, 0.3) is 0 Å². The summed E-state index contributed by atoms with van der Waals surface area (Å²) in [5.74, 6) is 0. The predicted octanol–water partition coefficient (Wildman–Crippen LogP) is 9.81. The minimum absolute atomic E-state index is 0.129. The van der Waals surface area contributed by atoms with Crippen molar-refractivity contribution in [3.63, 3.8) is 0 Å². The fraction of sp³-hybridized carbons (Fsp3) is 0.194. The highest BCUT2D eigenvalue weighted by Gasteiger charge is 2.39. The largest absolute Gasteiger partial charge is 0.256 e. The highest BCUT2D eigenvalue weighted by atomic mass is 14.7. The first-order chi connectivity index (χ1) is 17.7. The molecule has 180 valence electrons. The Morgan fingerprint density at radius 2 is 1.38 bits per heavy atom. The van der Waals surface area contributed by atoms with Gasteiger partial charge in [-0.3, -0.25) is 4.98 Å². The summed E-state index contributed by atoms with van der Waals surface area (Å²) in [6.07, 6.45) is 1.99. The summed E-state index contributed by atoms with van der Waals surface area (Å²) in [5, 5.41) is 7.75. The number of fused-ring (bicyclic) bond motifs is 8. The minimum Gasteiger partial charge on any atom is -0.256 e. The van der Waals surface area contributed by atoms with Gasteiger partial charge in [-0.25, -0.2) is 0 Å². The van der Waals surface area contributed by atoms with Crippen LogP contribution in [-0.2, 0) is 10.8 Å². The maximum absolute atomic E-state index is 5.01. The van der Waals surface area contributed by atoms with Crippen molar-refractivity contribution >= 4 is 32.3 Å². The molecule has 0 radical (unpaired) electrons. The van der Waals surface area contributed by atoms with Gasteiger partial charge in [0.05, 0.1) is 5.69 Å². The van der Waals surface area contributed by atoms with E-state index in [-0.39, 0.29) is 10.8 Å². The van der Waals surface area contributed by atoms with Gasteiger partial charge in [0.1, 0.15) is 0 Å². The Morgan fingerprint density at radius 3 is 2.22 bits per heavy atom. The van der Waals surface area contributed by atoms with Gasteiger partial charge in [-0.05, 0) is 77.7 Å². The molecule has 0 bridgehead atoms. The number of rotatable bonds is 1. The molecule has 1 aromatic heterocycles. The third-order valence-corrected chi connectivity index (χ3v) is 8.42. The Balaban J connectivity index is 1.48. The Kier molecular flexibility index (Phi) is 4.52. The molecule has 0 saturated carbocycles. The Bertz CT molecular complexity index is 1880. The first-order valence-corrected chi connectivity index (χ1v) is 13.2. The van der Waals surface area contributed by atoms with Crippen LogP contribution in [0.15, 0.2) is 97.2 Å². The first-order valence-electron chi connectivity index (χ1n) is 13.2. The molecule has 1 nitrogen and oxygen atoms in total. The average molecular weight is 478 g/mol. The van der Waals surface area contributed by atoms with Crippen molar-refractivity contribution in [2.24, 2.45) is 0 Å². The summed E-state index contributed by atoms with van der Waals surface area (Å²) < 4.78 is 0. The zero-order valence-corrected chi connectivity index (χ0v) is 22.2. The molecule has 1 heterocycles. The zero-order valence-electron chi connectivity index (χ0n) is 22.2. The van der Waals surface area contributed by atoms with E-state index in [1.165, 1.54) is 65.7 Å². The fourth-order valence-corrected chi connectivity index (χ4v) is 6.41. The minimum atomic E-state index is -0.131.